The third-order valence-corrected chi connectivity index (χ3v) is 4.13. The van der Waals surface area contributed by atoms with Crippen LogP contribution < -0.4 is 10.1 Å². The second-order valence-electron chi connectivity index (χ2n) is 5.63. The molecular formula is C14H14N2O10S. The second-order valence-corrected chi connectivity index (χ2v) is 7.02. The molecule has 1 saturated heterocycles. The van der Waals surface area contributed by atoms with Gasteiger partial charge in [0.25, 0.3) is 11.5 Å². The molecule has 0 aromatic heterocycles. The molecule has 13 heteroatoms. The summed E-state index contributed by atoms with van der Waals surface area (Å²) in [7, 11) is -3.80. The number of nitrogens with zero attached hydrogens (tertiary/aromatic N) is 1. The zero-order valence-corrected chi connectivity index (χ0v) is 15.0. The molecule has 1 aromatic carbocycles. The number of methoxy groups -OCH3 is 1. The average Bonchev–Trinajstić information content (AvgIpc) is 2.51. The summed E-state index contributed by atoms with van der Waals surface area (Å²) in [6.45, 7) is 2.70. The first kappa shape index (κ1) is 20.1. The number of benzene rings is 1. The van der Waals surface area contributed by atoms with Crippen molar-refractivity contribution < 1.29 is 41.7 Å². The van der Waals surface area contributed by atoms with Gasteiger partial charge in [0.2, 0.25) is 0 Å². The van der Waals surface area contributed by atoms with E-state index < -0.39 is 48.9 Å². The summed E-state index contributed by atoms with van der Waals surface area (Å²) in [4.78, 5) is 32.7. The Morgan fingerprint density at radius 1 is 1.26 bits per heavy atom. The van der Waals surface area contributed by atoms with Crippen LogP contribution in [-0.4, -0.2) is 42.7 Å². The number of ether oxygens (including phenoxy) is 3. The van der Waals surface area contributed by atoms with Crippen LogP contribution in [0, 0.1) is 10.1 Å². The van der Waals surface area contributed by atoms with Crippen molar-refractivity contribution >= 4 is 33.4 Å². The number of hydrogen-bond donors (Lipinski definition) is 2. The van der Waals surface area contributed by atoms with Gasteiger partial charge in [-0.05, 0) is 6.07 Å². The number of cyclic esters (lactones) is 2. The number of esters is 2. The van der Waals surface area contributed by atoms with Crippen molar-refractivity contribution in [3.63, 3.8) is 0 Å². The monoisotopic (exact) mass is 402 g/mol. The molecule has 0 radical (unpaired) electrons. The highest BCUT2D eigenvalue weighted by atomic mass is 32.2. The van der Waals surface area contributed by atoms with Gasteiger partial charge in [0.15, 0.2) is 10.5 Å². The van der Waals surface area contributed by atoms with Gasteiger partial charge >= 0.3 is 22.1 Å². The van der Waals surface area contributed by atoms with Gasteiger partial charge < -0.3 is 19.5 Å². The van der Waals surface area contributed by atoms with E-state index in [2.05, 4.69) is 5.32 Å². The van der Waals surface area contributed by atoms with Gasteiger partial charge in [0.05, 0.1) is 23.8 Å². The number of nitrogens with one attached hydrogen (secondary N) is 1. The van der Waals surface area contributed by atoms with Gasteiger partial charge in [-0.25, -0.2) is 9.59 Å². The largest absolute Gasteiger partial charge is 0.494 e. The lowest BCUT2D eigenvalue weighted by atomic mass is 10.2. The molecule has 0 saturated carbocycles. The third kappa shape index (κ3) is 4.32. The molecule has 1 aliphatic heterocycles. The van der Waals surface area contributed by atoms with Gasteiger partial charge in [-0.2, -0.15) is 8.42 Å². The molecule has 0 atom stereocenters. The van der Waals surface area contributed by atoms with E-state index in [4.69, 9.17) is 14.2 Å². The third-order valence-electron chi connectivity index (χ3n) is 3.24. The van der Waals surface area contributed by atoms with E-state index >= 15 is 0 Å². The summed E-state index contributed by atoms with van der Waals surface area (Å²) in [6, 6.07) is 1.47. The van der Waals surface area contributed by atoms with Crippen LogP contribution in [0.3, 0.4) is 0 Å². The average molecular weight is 402 g/mol. The molecule has 12 nitrogen and oxygen atoms in total. The minimum Gasteiger partial charge on any atom is -0.494 e. The highest BCUT2D eigenvalue weighted by Crippen LogP contribution is 2.35. The highest BCUT2D eigenvalue weighted by Gasteiger charge is 2.39. The predicted molar refractivity (Wildman–Crippen MR) is 87.4 cm³/mol. The molecule has 0 spiro atoms. The minimum atomic E-state index is -4.95. The summed E-state index contributed by atoms with van der Waals surface area (Å²) in [5.74, 6) is -3.64. The Bertz CT molecular complexity index is 942. The zero-order valence-electron chi connectivity index (χ0n) is 14.2. The molecule has 0 bridgehead atoms. The molecule has 0 unspecified atom stereocenters. The number of hydrogen-bond acceptors (Lipinski definition) is 10. The summed E-state index contributed by atoms with van der Waals surface area (Å²) < 4.78 is 46.7. The van der Waals surface area contributed by atoms with Gasteiger partial charge in [0, 0.05) is 20.0 Å². The van der Waals surface area contributed by atoms with Crippen molar-refractivity contribution in [3.05, 3.63) is 34.0 Å². The topological polar surface area (TPSA) is 171 Å². The Morgan fingerprint density at radius 3 is 2.26 bits per heavy atom. The second kappa shape index (κ2) is 6.85. The number of anilines is 1. The standard InChI is InChI=1S/C14H14N2O10S/c1-14(2)25-12(17)7(13(18)26-14)6-15-8-4-11(27(21,22)23)9(16(19)20)5-10(8)24-3/h4-6,15H,1-3H3,(H,21,22,23). The number of rotatable bonds is 5. The molecule has 1 aliphatic rings. The van der Waals surface area contributed by atoms with Gasteiger partial charge in [-0.3, -0.25) is 14.7 Å². The fraction of sp³-hybridized carbons (Fsp3) is 0.286. The molecule has 1 aromatic rings. The lowest BCUT2D eigenvalue weighted by Gasteiger charge is -2.29. The minimum absolute atomic E-state index is 0.186. The van der Waals surface area contributed by atoms with E-state index in [1.54, 1.807) is 0 Å². The van der Waals surface area contributed by atoms with Crippen LogP contribution in [0.2, 0.25) is 0 Å². The van der Waals surface area contributed by atoms with Crippen molar-refractivity contribution in [3.8, 4) is 5.75 Å². The Hall–Kier alpha value is -3.19. The lowest BCUT2D eigenvalue weighted by molar-refractivity contribution is -0.387. The van der Waals surface area contributed by atoms with Crippen LogP contribution in [0.4, 0.5) is 11.4 Å². The van der Waals surface area contributed by atoms with Crippen LogP contribution in [0.25, 0.3) is 0 Å². The molecule has 1 heterocycles. The van der Waals surface area contributed by atoms with E-state index in [1.807, 2.05) is 0 Å². The van der Waals surface area contributed by atoms with Crippen molar-refractivity contribution in [2.75, 3.05) is 12.4 Å². The highest BCUT2D eigenvalue weighted by molar-refractivity contribution is 7.86. The first-order chi connectivity index (χ1) is 12.4. The van der Waals surface area contributed by atoms with E-state index in [9.17, 15) is 32.7 Å². The maximum Gasteiger partial charge on any atom is 0.350 e. The van der Waals surface area contributed by atoms with Crippen molar-refractivity contribution in [1.29, 1.82) is 0 Å². The fourth-order valence-corrected chi connectivity index (χ4v) is 2.77. The van der Waals surface area contributed by atoms with Gasteiger partial charge in [0.1, 0.15) is 5.75 Å². The van der Waals surface area contributed by atoms with E-state index in [-0.39, 0.29) is 11.4 Å². The molecule has 146 valence electrons. The van der Waals surface area contributed by atoms with Crippen LogP contribution in [0.15, 0.2) is 28.8 Å². The Morgan fingerprint density at radius 2 is 1.81 bits per heavy atom. The Kier molecular flexibility index (Phi) is 5.10. The number of carbonyl (C=O) groups is 2. The van der Waals surface area contributed by atoms with Crippen LogP contribution in [-0.2, 0) is 29.2 Å². The molecule has 1 fully saturated rings. The Balaban J connectivity index is 2.49. The molecule has 0 amide bonds. The summed E-state index contributed by atoms with van der Waals surface area (Å²) in [5.41, 5.74) is -1.65. The normalized spacial score (nSPS) is 16.2. The Labute approximate surface area is 152 Å². The smallest absolute Gasteiger partial charge is 0.350 e. The summed E-state index contributed by atoms with van der Waals surface area (Å²) >= 11 is 0. The first-order valence-corrected chi connectivity index (χ1v) is 8.57. The van der Waals surface area contributed by atoms with Crippen molar-refractivity contribution in [2.24, 2.45) is 0 Å². The maximum atomic E-state index is 11.9. The fourth-order valence-electron chi connectivity index (χ4n) is 2.11. The van der Waals surface area contributed by atoms with E-state index in [1.165, 1.54) is 13.8 Å². The van der Waals surface area contributed by atoms with Crippen LogP contribution in [0.1, 0.15) is 13.8 Å². The summed E-state index contributed by atoms with van der Waals surface area (Å²) in [5, 5.41) is 13.4. The van der Waals surface area contributed by atoms with Crippen LogP contribution >= 0.6 is 0 Å². The zero-order chi connectivity index (χ0) is 20.6. The molecule has 27 heavy (non-hydrogen) atoms. The molecule has 2 N–H and O–H groups in total. The van der Waals surface area contributed by atoms with Gasteiger partial charge in [-0.1, -0.05) is 0 Å². The molecular weight excluding hydrogens is 388 g/mol. The summed E-state index contributed by atoms with van der Waals surface area (Å²) in [6.07, 6.45) is 0.858. The molecule has 0 aliphatic carbocycles. The number of nitro groups is 1. The van der Waals surface area contributed by atoms with E-state index in [0.29, 0.717) is 6.07 Å². The maximum absolute atomic E-state index is 11.9. The van der Waals surface area contributed by atoms with Crippen molar-refractivity contribution in [1.82, 2.24) is 0 Å². The predicted octanol–water partition coefficient (Wildman–Crippen LogP) is 0.982. The SMILES string of the molecule is COc1cc([N+](=O)[O-])c(S(=O)(=O)O)cc1NC=C1C(=O)OC(C)(C)OC1=O. The van der Waals surface area contributed by atoms with E-state index in [0.717, 1.165) is 19.4 Å². The van der Waals surface area contributed by atoms with Gasteiger partial charge in [-0.15, -0.1) is 0 Å². The first-order valence-electron chi connectivity index (χ1n) is 7.13. The quantitative estimate of drug-likeness (QED) is 0.179. The number of carbonyl (C=O) groups excluding carboxylic acids is 2. The van der Waals surface area contributed by atoms with Crippen molar-refractivity contribution in [2.45, 2.75) is 24.5 Å². The lowest BCUT2D eigenvalue weighted by Crippen LogP contribution is -2.42. The molecule has 2 rings (SSSR count). The number of nitro benzene ring substituents is 1. The van der Waals surface area contributed by atoms with Crippen LogP contribution in [0.5, 0.6) is 5.75 Å².